The van der Waals surface area contributed by atoms with Crippen LogP contribution in [0.4, 0.5) is 34.1 Å². The highest BCUT2D eigenvalue weighted by Gasteiger charge is 2.46. The molecule has 0 saturated carbocycles. The summed E-state index contributed by atoms with van der Waals surface area (Å²) < 4.78 is 97.8. The zero-order valence-corrected chi connectivity index (χ0v) is 47.7. The van der Waals surface area contributed by atoms with Gasteiger partial charge in [-0.2, -0.15) is 0 Å². The van der Waals surface area contributed by atoms with Gasteiger partial charge in [0.25, 0.3) is 6.71 Å². The maximum Gasteiger partial charge on any atom is 0.252 e. The number of fused-ring (bicyclic) bond motifs is 7. The second-order valence-corrected chi connectivity index (χ2v) is 25.0. The van der Waals surface area contributed by atoms with Crippen LogP contribution in [0.1, 0.15) is 92.7 Å². The lowest BCUT2D eigenvalue weighted by atomic mass is 9.33. The van der Waals surface area contributed by atoms with Crippen LogP contribution in [-0.2, 0) is 16.2 Å². The van der Waals surface area contributed by atoms with E-state index < -0.39 is 48.4 Å². The molecule has 398 valence electrons. The van der Waals surface area contributed by atoms with E-state index in [2.05, 4.69) is 187 Å². The Morgan fingerprint density at radius 3 is 1.32 bits per heavy atom. The van der Waals surface area contributed by atoms with Crippen LogP contribution < -0.4 is 26.2 Å². The quantitative estimate of drug-likeness (QED) is 0.148. The van der Waals surface area contributed by atoms with Crippen molar-refractivity contribution >= 4 is 79.2 Å². The van der Waals surface area contributed by atoms with E-state index in [0.29, 0.717) is 28.0 Å². The molecule has 82 heavy (non-hydrogen) atoms. The van der Waals surface area contributed by atoms with E-state index in [1.807, 2.05) is 66.7 Å². The van der Waals surface area contributed by atoms with E-state index in [9.17, 15) is 5.48 Å². The van der Waals surface area contributed by atoms with Gasteiger partial charge in [-0.15, -0.1) is 0 Å². The van der Waals surface area contributed by atoms with Crippen molar-refractivity contribution in [2.75, 3.05) is 9.80 Å². The van der Waals surface area contributed by atoms with Gasteiger partial charge in [0.2, 0.25) is 0 Å². The summed E-state index contributed by atoms with van der Waals surface area (Å²) in [5, 5.41) is 1.75. The molecule has 4 heteroatoms. The maximum absolute atomic E-state index is 9.44. The topological polar surface area (TPSA) is 19.6 Å². The lowest BCUT2D eigenvalue weighted by Crippen LogP contribution is -2.61. The summed E-state index contributed by atoms with van der Waals surface area (Å²) in [6, 6.07) is 59.0. The monoisotopic (exact) mass is 1070 g/mol. The van der Waals surface area contributed by atoms with Crippen LogP contribution in [0, 0.1) is 0 Å². The number of anilines is 6. The standard InChI is InChI=1S/C78H67BN2O/c1-76(2,3)57-38-34-54(35-39-57)60-40-43-71-72(61-32-22-23-33-70(61)82-71)75(60)81-67-45-56(51-26-16-11-17-27-51)37-42-65(67)79-64-41-36-55(50-24-14-10-15-25-50)44-66(64)80(68-48-59(78(7,8)9)49-69(81)73(68)79)74-62(52-28-18-12-19-29-52)46-58(77(4,5)6)47-63(74)53-30-20-13-21-31-53/h10-49H,1-9H3/i10D,11D,14D,15D,16D,17D,24D,25D,26D,27D. The van der Waals surface area contributed by atoms with Crippen molar-refractivity contribution in [3.05, 3.63) is 259 Å². The van der Waals surface area contributed by atoms with Gasteiger partial charge in [-0.05, 0) is 143 Å². The number of furan rings is 1. The summed E-state index contributed by atoms with van der Waals surface area (Å²) in [6.07, 6.45) is 0. The number of benzene rings is 11. The van der Waals surface area contributed by atoms with E-state index in [1.54, 1.807) is 0 Å². The van der Waals surface area contributed by atoms with Crippen LogP contribution in [0.3, 0.4) is 0 Å². The molecule has 2 aliphatic rings. The van der Waals surface area contributed by atoms with Gasteiger partial charge in [0.15, 0.2) is 0 Å². The molecule has 0 saturated heterocycles. The van der Waals surface area contributed by atoms with E-state index in [1.165, 1.54) is 5.56 Å². The largest absolute Gasteiger partial charge is 0.456 e. The Balaban J connectivity index is 1.20. The second-order valence-electron chi connectivity index (χ2n) is 25.0. The molecular weight excluding hydrogens is 992 g/mol. The summed E-state index contributed by atoms with van der Waals surface area (Å²) in [4.78, 5) is 4.72. The lowest BCUT2D eigenvalue weighted by molar-refractivity contribution is 0.590. The SMILES string of the molecule is [2H]c1c([2H])c([2H])c(-c2ccc3c(c2)N(c2c(-c4ccccc4)cc(C(C)(C)C)cc2-c2ccccc2)c2cc(C(C)(C)C)cc4c2B3c2ccc(-c3c([2H])c([2H])c([2H])c([2H])c3[2H])cc2N4c2c(-c3ccc(C(C)(C)C)cc3)ccc3oc4ccccc4c23)c([2H])c1[2H]. The molecular formula is C78H67BN2O. The molecule has 0 fully saturated rings. The molecule has 0 amide bonds. The Kier molecular flexibility index (Phi) is 9.63. The van der Waals surface area contributed by atoms with Crippen molar-refractivity contribution in [3.63, 3.8) is 0 Å². The van der Waals surface area contributed by atoms with Gasteiger partial charge in [-0.25, -0.2) is 0 Å². The first-order valence-corrected chi connectivity index (χ1v) is 28.3. The highest BCUT2D eigenvalue weighted by atomic mass is 16.3. The zero-order valence-electron chi connectivity index (χ0n) is 57.7. The number of rotatable bonds is 7. The molecule has 0 unspecified atom stereocenters. The van der Waals surface area contributed by atoms with Gasteiger partial charge in [-0.1, -0.05) is 250 Å². The Labute approximate surface area is 498 Å². The average molecular weight is 1070 g/mol. The fourth-order valence-corrected chi connectivity index (χ4v) is 12.4. The average Bonchev–Trinajstić information content (AvgIpc) is 0.794. The molecule has 14 rings (SSSR count). The molecule has 3 nitrogen and oxygen atoms in total. The molecule has 0 spiro atoms. The zero-order chi connectivity index (χ0) is 64.9. The summed E-state index contributed by atoms with van der Waals surface area (Å²) in [5.41, 5.74) is 17.9. The fourth-order valence-electron chi connectivity index (χ4n) is 12.4. The van der Waals surface area contributed by atoms with E-state index in [-0.39, 0.29) is 46.1 Å². The number of nitrogens with zero attached hydrogens (tertiary/aromatic N) is 2. The molecule has 11 aromatic carbocycles. The molecule has 0 aliphatic carbocycles. The van der Waals surface area contributed by atoms with Crippen molar-refractivity contribution in [3.8, 4) is 55.6 Å². The third-order valence-corrected chi connectivity index (χ3v) is 16.7. The van der Waals surface area contributed by atoms with E-state index in [4.69, 9.17) is 12.6 Å². The highest BCUT2D eigenvalue weighted by molar-refractivity contribution is 7.00. The Morgan fingerprint density at radius 1 is 0.354 bits per heavy atom. The molecule has 1 aromatic heterocycles. The van der Waals surface area contributed by atoms with Crippen LogP contribution in [-0.4, -0.2) is 6.71 Å². The Bertz CT molecular complexity index is 4940. The minimum Gasteiger partial charge on any atom is -0.456 e. The number of hydrogen-bond donors (Lipinski definition) is 0. The summed E-state index contributed by atoms with van der Waals surface area (Å²) in [5.74, 6) is 0. The first-order valence-electron chi connectivity index (χ1n) is 33.3. The predicted octanol–water partition coefficient (Wildman–Crippen LogP) is 19.9. The summed E-state index contributed by atoms with van der Waals surface area (Å²) >= 11 is 0. The van der Waals surface area contributed by atoms with E-state index >= 15 is 0 Å². The second kappa shape index (κ2) is 19.3. The fraction of sp³-hybridized carbons (Fsp3) is 0.154. The Hall–Kier alpha value is -9.12. The van der Waals surface area contributed by atoms with Crippen LogP contribution in [0.15, 0.2) is 247 Å². The minimum atomic E-state index is -0.571. The van der Waals surface area contributed by atoms with E-state index in [0.717, 1.165) is 100 Å². The third-order valence-electron chi connectivity index (χ3n) is 16.7. The van der Waals surface area contributed by atoms with Crippen molar-refractivity contribution in [1.29, 1.82) is 0 Å². The first-order chi connectivity index (χ1) is 43.7. The molecule has 0 atom stereocenters. The van der Waals surface area contributed by atoms with Crippen LogP contribution in [0.2, 0.25) is 0 Å². The number of hydrogen-bond acceptors (Lipinski definition) is 3. The van der Waals surface area contributed by atoms with Gasteiger partial charge in [0.1, 0.15) is 11.2 Å². The molecule has 0 N–H and O–H groups in total. The summed E-state index contributed by atoms with van der Waals surface area (Å²) in [7, 11) is 0. The lowest BCUT2D eigenvalue weighted by Gasteiger charge is -2.46. The third kappa shape index (κ3) is 8.58. The summed E-state index contributed by atoms with van der Waals surface area (Å²) in [6.45, 7) is 19.4. The first kappa shape index (κ1) is 41.0. The molecule has 12 aromatic rings. The van der Waals surface area contributed by atoms with Gasteiger partial charge in [-0.3, -0.25) is 0 Å². The van der Waals surface area contributed by atoms with Crippen LogP contribution in [0.25, 0.3) is 77.6 Å². The molecule has 0 bridgehead atoms. The van der Waals surface area contributed by atoms with Crippen molar-refractivity contribution < 1.29 is 18.1 Å². The predicted molar refractivity (Wildman–Crippen MR) is 351 cm³/mol. The maximum atomic E-state index is 9.44. The molecule has 3 heterocycles. The van der Waals surface area contributed by atoms with Crippen LogP contribution >= 0.6 is 0 Å². The van der Waals surface area contributed by atoms with Gasteiger partial charge in [0, 0.05) is 44.8 Å². The van der Waals surface area contributed by atoms with Crippen molar-refractivity contribution in [2.45, 2.75) is 78.6 Å². The normalized spacial score (nSPS) is 14.8. The Morgan fingerprint density at radius 2 is 0.805 bits per heavy atom. The molecule has 2 aliphatic heterocycles. The van der Waals surface area contributed by atoms with Gasteiger partial charge < -0.3 is 14.2 Å². The van der Waals surface area contributed by atoms with Gasteiger partial charge >= 0.3 is 0 Å². The minimum absolute atomic E-state index is 0.0673. The van der Waals surface area contributed by atoms with Gasteiger partial charge in [0.05, 0.1) is 30.5 Å². The van der Waals surface area contributed by atoms with Crippen molar-refractivity contribution in [2.24, 2.45) is 0 Å². The smallest absolute Gasteiger partial charge is 0.252 e. The molecule has 0 radical (unpaired) electrons. The van der Waals surface area contributed by atoms with Crippen molar-refractivity contribution in [1.82, 2.24) is 0 Å². The number of para-hydroxylation sites is 1. The highest BCUT2D eigenvalue weighted by Crippen LogP contribution is 2.55. The van der Waals surface area contributed by atoms with Crippen LogP contribution in [0.5, 0.6) is 0 Å².